The van der Waals surface area contributed by atoms with E-state index in [4.69, 9.17) is 4.52 Å². The topological polar surface area (TPSA) is 75.4 Å². The maximum absolute atomic E-state index is 12.1. The summed E-state index contributed by atoms with van der Waals surface area (Å²) in [6, 6.07) is 7.51. The number of carbonyl (C=O) groups is 1. The summed E-state index contributed by atoms with van der Waals surface area (Å²) in [5.74, 6) is -0.0889. The Balaban J connectivity index is 1.68. The molecule has 0 bridgehead atoms. The molecule has 1 aromatic carbocycles. The number of aromatic nitrogens is 1. The molecule has 0 aliphatic heterocycles. The fourth-order valence-electron chi connectivity index (χ4n) is 2.61. The summed E-state index contributed by atoms with van der Waals surface area (Å²) in [5.41, 5.74) is 1.08. The van der Waals surface area contributed by atoms with Crippen molar-refractivity contribution in [1.29, 1.82) is 0 Å². The summed E-state index contributed by atoms with van der Waals surface area (Å²) in [5, 5.41) is 17.5. The first-order valence-electron chi connectivity index (χ1n) is 6.79. The number of nitrogens with zero attached hydrogens (tertiary/aromatic N) is 1. The van der Waals surface area contributed by atoms with E-state index in [-0.39, 0.29) is 29.9 Å². The van der Waals surface area contributed by atoms with Crippen LogP contribution in [0, 0.1) is 5.41 Å². The average Bonchev–Trinajstić information content (AvgIpc) is 2.82. The maximum atomic E-state index is 12.1. The highest BCUT2D eigenvalue weighted by Gasteiger charge is 2.47. The van der Waals surface area contributed by atoms with Gasteiger partial charge in [-0.1, -0.05) is 31.1 Å². The first kappa shape index (κ1) is 13.1. The molecular formula is C15H18N2O3. The van der Waals surface area contributed by atoms with Crippen LogP contribution < -0.4 is 5.32 Å². The monoisotopic (exact) mass is 274 g/mol. The fourth-order valence-corrected chi connectivity index (χ4v) is 2.61. The highest BCUT2D eigenvalue weighted by atomic mass is 16.5. The molecule has 0 saturated heterocycles. The highest BCUT2D eigenvalue weighted by Crippen LogP contribution is 2.40. The lowest BCUT2D eigenvalue weighted by atomic mass is 9.64. The van der Waals surface area contributed by atoms with Gasteiger partial charge >= 0.3 is 0 Å². The first-order chi connectivity index (χ1) is 9.48. The third-order valence-corrected chi connectivity index (χ3v) is 4.33. The number of amides is 1. The number of para-hydroxylation sites is 1. The molecule has 1 aromatic heterocycles. The van der Waals surface area contributed by atoms with Gasteiger partial charge in [-0.05, 0) is 18.6 Å². The van der Waals surface area contributed by atoms with E-state index < -0.39 is 0 Å². The Morgan fingerprint density at radius 3 is 2.95 bits per heavy atom. The van der Waals surface area contributed by atoms with Gasteiger partial charge in [0.2, 0.25) is 5.91 Å². The maximum Gasteiger partial charge on any atom is 0.226 e. The SMILES string of the molecule is CC1(C)C(O)CC1NC(=O)Cc1noc2ccccc12. The Kier molecular flexibility index (Phi) is 3.01. The summed E-state index contributed by atoms with van der Waals surface area (Å²) in [6.45, 7) is 3.91. The van der Waals surface area contributed by atoms with Crippen LogP contribution in [0.4, 0.5) is 0 Å². The van der Waals surface area contributed by atoms with Crippen molar-refractivity contribution in [3.63, 3.8) is 0 Å². The summed E-state index contributed by atoms with van der Waals surface area (Å²) >= 11 is 0. The molecule has 1 aliphatic rings. The molecule has 106 valence electrons. The Hall–Kier alpha value is -1.88. The van der Waals surface area contributed by atoms with Gasteiger partial charge in [0, 0.05) is 16.8 Å². The van der Waals surface area contributed by atoms with E-state index >= 15 is 0 Å². The van der Waals surface area contributed by atoms with Crippen molar-refractivity contribution >= 4 is 16.9 Å². The number of benzene rings is 1. The second-order valence-electron chi connectivity index (χ2n) is 6.00. The molecule has 0 spiro atoms. The van der Waals surface area contributed by atoms with Crippen molar-refractivity contribution in [2.45, 2.75) is 38.8 Å². The van der Waals surface area contributed by atoms with E-state index in [2.05, 4.69) is 10.5 Å². The quantitative estimate of drug-likeness (QED) is 0.892. The molecule has 3 rings (SSSR count). The zero-order valence-electron chi connectivity index (χ0n) is 11.6. The standard InChI is InChI=1S/C15H18N2O3/c1-15(2)12(8-13(15)18)16-14(19)7-10-9-5-3-4-6-11(9)20-17-10/h3-6,12-13,18H,7-8H2,1-2H3,(H,16,19). The zero-order valence-corrected chi connectivity index (χ0v) is 11.6. The number of fused-ring (bicyclic) bond motifs is 1. The molecule has 5 heteroatoms. The molecule has 1 amide bonds. The molecule has 1 fully saturated rings. The largest absolute Gasteiger partial charge is 0.392 e. The van der Waals surface area contributed by atoms with Gasteiger partial charge in [0.25, 0.3) is 0 Å². The van der Waals surface area contributed by atoms with Crippen molar-refractivity contribution in [3.8, 4) is 0 Å². The smallest absolute Gasteiger partial charge is 0.226 e. The van der Waals surface area contributed by atoms with E-state index in [9.17, 15) is 9.90 Å². The highest BCUT2D eigenvalue weighted by molar-refractivity contribution is 5.86. The number of rotatable bonds is 3. The van der Waals surface area contributed by atoms with E-state index in [0.29, 0.717) is 17.7 Å². The van der Waals surface area contributed by atoms with E-state index in [1.807, 2.05) is 38.1 Å². The first-order valence-corrected chi connectivity index (χ1v) is 6.79. The number of aliphatic hydroxyl groups excluding tert-OH is 1. The van der Waals surface area contributed by atoms with Gasteiger partial charge in [-0.25, -0.2) is 0 Å². The van der Waals surface area contributed by atoms with Crippen LogP contribution in [0.3, 0.4) is 0 Å². The van der Waals surface area contributed by atoms with Crippen LogP contribution in [-0.4, -0.2) is 28.3 Å². The molecule has 1 aliphatic carbocycles. The van der Waals surface area contributed by atoms with Crippen molar-refractivity contribution in [3.05, 3.63) is 30.0 Å². The molecule has 2 atom stereocenters. The predicted molar refractivity (Wildman–Crippen MR) is 74.0 cm³/mol. The van der Waals surface area contributed by atoms with Crippen LogP contribution in [-0.2, 0) is 11.2 Å². The van der Waals surface area contributed by atoms with Crippen LogP contribution >= 0.6 is 0 Å². The van der Waals surface area contributed by atoms with Crippen LogP contribution in [0.2, 0.25) is 0 Å². The van der Waals surface area contributed by atoms with Gasteiger partial charge in [-0.2, -0.15) is 0 Å². The lowest BCUT2D eigenvalue weighted by molar-refractivity contribution is -0.128. The number of hydrogen-bond donors (Lipinski definition) is 2. The van der Waals surface area contributed by atoms with Crippen LogP contribution in [0.25, 0.3) is 11.0 Å². The van der Waals surface area contributed by atoms with Gasteiger partial charge in [0.15, 0.2) is 5.58 Å². The number of hydrogen-bond acceptors (Lipinski definition) is 4. The average molecular weight is 274 g/mol. The second-order valence-corrected chi connectivity index (χ2v) is 6.00. The van der Waals surface area contributed by atoms with Gasteiger partial charge in [0.05, 0.1) is 12.5 Å². The number of aliphatic hydroxyl groups is 1. The van der Waals surface area contributed by atoms with Crippen molar-refractivity contribution in [1.82, 2.24) is 10.5 Å². The van der Waals surface area contributed by atoms with Crippen molar-refractivity contribution in [2.24, 2.45) is 5.41 Å². The van der Waals surface area contributed by atoms with Gasteiger partial charge in [0.1, 0.15) is 5.69 Å². The Morgan fingerprint density at radius 1 is 1.50 bits per heavy atom. The molecule has 5 nitrogen and oxygen atoms in total. The minimum atomic E-state index is -0.347. The molecule has 1 saturated carbocycles. The summed E-state index contributed by atoms with van der Waals surface area (Å²) in [7, 11) is 0. The number of carbonyl (C=O) groups excluding carboxylic acids is 1. The normalized spacial score (nSPS) is 24.4. The van der Waals surface area contributed by atoms with Crippen LogP contribution in [0.5, 0.6) is 0 Å². The Morgan fingerprint density at radius 2 is 2.25 bits per heavy atom. The van der Waals surface area contributed by atoms with Gasteiger partial charge in [-0.15, -0.1) is 0 Å². The van der Waals surface area contributed by atoms with Gasteiger partial charge in [-0.3, -0.25) is 4.79 Å². The van der Waals surface area contributed by atoms with Crippen LogP contribution in [0.15, 0.2) is 28.8 Å². The molecule has 20 heavy (non-hydrogen) atoms. The molecule has 1 heterocycles. The van der Waals surface area contributed by atoms with E-state index in [1.54, 1.807) is 0 Å². The Labute approximate surface area is 116 Å². The zero-order chi connectivity index (χ0) is 14.3. The summed E-state index contributed by atoms with van der Waals surface area (Å²) in [4.78, 5) is 12.1. The summed E-state index contributed by atoms with van der Waals surface area (Å²) in [6.07, 6.45) is 0.457. The van der Waals surface area contributed by atoms with Crippen molar-refractivity contribution in [2.75, 3.05) is 0 Å². The minimum Gasteiger partial charge on any atom is -0.392 e. The molecule has 2 aromatic rings. The molecule has 2 unspecified atom stereocenters. The predicted octanol–water partition coefficient (Wildman–Crippen LogP) is 1.65. The summed E-state index contributed by atoms with van der Waals surface area (Å²) < 4.78 is 5.18. The lowest BCUT2D eigenvalue weighted by Gasteiger charge is -2.49. The third kappa shape index (κ3) is 2.08. The minimum absolute atomic E-state index is 0.0168. The fraction of sp³-hybridized carbons (Fsp3) is 0.467. The molecule has 2 N–H and O–H groups in total. The number of nitrogens with one attached hydrogen (secondary N) is 1. The van der Waals surface area contributed by atoms with Crippen molar-refractivity contribution < 1.29 is 14.4 Å². The van der Waals surface area contributed by atoms with Crippen LogP contribution in [0.1, 0.15) is 26.0 Å². The third-order valence-electron chi connectivity index (χ3n) is 4.33. The Bertz CT molecular complexity index is 647. The van der Waals surface area contributed by atoms with Gasteiger partial charge < -0.3 is 14.9 Å². The van der Waals surface area contributed by atoms with E-state index in [1.165, 1.54) is 0 Å². The van der Waals surface area contributed by atoms with E-state index in [0.717, 1.165) is 5.39 Å². The molecule has 0 radical (unpaired) electrons. The lowest BCUT2D eigenvalue weighted by Crippen LogP contribution is -2.61. The molecular weight excluding hydrogens is 256 g/mol. The second kappa shape index (κ2) is 4.59.